The first kappa shape index (κ1) is 37.1. The monoisotopic (exact) mass is 624 g/mol. The molecule has 0 spiro atoms. The van der Waals surface area contributed by atoms with Gasteiger partial charge >= 0.3 is 11.9 Å². The minimum atomic E-state index is -0.949. The molecular weight excluding hydrogens is 575 g/mol. The van der Waals surface area contributed by atoms with Crippen LogP contribution in [-0.4, -0.2) is 80.7 Å². The molecule has 2 aromatic carbocycles. The van der Waals surface area contributed by atoms with E-state index in [0.29, 0.717) is 19.8 Å². The van der Waals surface area contributed by atoms with E-state index in [0.717, 1.165) is 59.0 Å². The summed E-state index contributed by atoms with van der Waals surface area (Å²) in [4.78, 5) is 27.3. The predicted octanol–water partition coefficient (Wildman–Crippen LogP) is 7.04. The molecule has 0 bridgehead atoms. The third-order valence-corrected chi connectivity index (χ3v) is 7.33. The zero-order valence-electron chi connectivity index (χ0n) is 27.8. The number of nitrogens with zero attached hydrogens (tertiary/aromatic N) is 2. The number of aromatic carboxylic acids is 1. The van der Waals surface area contributed by atoms with E-state index in [-0.39, 0.29) is 18.1 Å². The van der Waals surface area contributed by atoms with Crippen molar-refractivity contribution in [3.63, 3.8) is 0 Å². The van der Waals surface area contributed by atoms with Crippen LogP contribution >= 0.6 is 0 Å². The number of rotatable bonds is 14. The molecule has 9 heteroatoms. The van der Waals surface area contributed by atoms with Crippen molar-refractivity contribution in [2.75, 3.05) is 58.0 Å². The number of allylic oxidation sites excluding steroid dienone is 5. The van der Waals surface area contributed by atoms with Gasteiger partial charge in [0.1, 0.15) is 30.3 Å². The average molecular weight is 625 g/mol. The quantitative estimate of drug-likeness (QED) is 0.177. The molecule has 1 atom stereocenters. The number of carbonyl (C=O) groups excluding carboxylic acids is 1. The standard InChI is InChI=1S/C18H23FO2.C18H26N2O4/c1-5-9-15(10-8-11-19)18-16(20-6-2)12-14(4)13-17(18)21-7-3;1-5-19(4)9-8-18(3)12-20(11-16(21)24-18)15-7-6-14(17(22)23)10-13(15)2/h5,8-10,12-13H,1,6-7,11H2,2-4H3;6-7,10H,5,8-9,11-12H2,1-4H3,(H,22,23)/b10-8-,15-9+;. The summed E-state index contributed by atoms with van der Waals surface area (Å²) in [5, 5.41) is 9.09. The topological polar surface area (TPSA) is 88.5 Å². The van der Waals surface area contributed by atoms with Crippen molar-refractivity contribution in [3.05, 3.63) is 83.5 Å². The van der Waals surface area contributed by atoms with Crippen LogP contribution in [0.2, 0.25) is 0 Å². The number of anilines is 1. The largest absolute Gasteiger partial charge is 0.493 e. The summed E-state index contributed by atoms with van der Waals surface area (Å²) in [6.07, 6.45) is 7.43. The number of esters is 1. The first-order valence-electron chi connectivity index (χ1n) is 15.4. The van der Waals surface area contributed by atoms with Crippen LogP contribution in [0.5, 0.6) is 11.5 Å². The van der Waals surface area contributed by atoms with Crippen LogP contribution in [0.15, 0.2) is 61.2 Å². The lowest BCUT2D eigenvalue weighted by Gasteiger charge is -2.41. The summed E-state index contributed by atoms with van der Waals surface area (Å²) >= 11 is 0. The number of carbonyl (C=O) groups is 2. The summed E-state index contributed by atoms with van der Waals surface area (Å²) in [7, 11) is 2.04. The number of benzene rings is 2. The molecule has 45 heavy (non-hydrogen) atoms. The second kappa shape index (κ2) is 18.0. The van der Waals surface area contributed by atoms with Gasteiger partial charge in [-0.25, -0.2) is 9.18 Å². The van der Waals surface area contributed by atoms with Crippen LogP contribution in [0.4, 0.5) is 10.1 Å². The molecule has 1 saturated heterocycles. The fourth-order valence-corrected chi connectivity index (χ4v) is 5.05. The molecule has 0 amide bonds. The lowest BCUT2D eigenvalue weighted by atomic mass is 9.98. The van der Waals surface area contributed by atoms with E-state index in [2.05, 4.69) is 18.4 Å². The van der Waals surface area contributed by atoms with E-state index >= 15 is 0 Å². The minimum Gasteiger partial charge on any atom is -0.493 e. The zero-order chi connectivity index (χ0) is 33.6. The third kappa shape index (κ3) is 11.1. The van der Waals surface area contributed by atoms with Gasteiger partial charge in [0.05, 0.1) is 30.9 Å². The SMILES string of the molecule is C=C/C=C(\C=C/CF)c1c(OCC)cc(C)cc1OCC.CCN(C)CCC1(C)CN(c2ccc(C(=O)O)cc2C)CC(=O)O1. The maximum atomic E-state index is 12.5. The van der Waals surface area contributed by atoms with E-state index in [1.54, 1.807) is 30.4 Å². The van der Waals surface area contributed by atoms with Gasteiger partial charge in [-0.3, -0.25) is 4.79 Å². The van der Waals surface area contributed by atoms with Crippen molar-refractivity contribution in [3.8, 4) is 11.5 Å². The highest BCUT2D eigenvalue weighted by Crippen LogP contribution is 2.37. The van der Waals surface area contributed by atoms with Gasteiger partial charge in [0.25, 0.3) is 0 Å². The van der Waals surface area contributed by atoms with Gasteiger partial charge in [-0.15, -0.1) is 0 Å². The minimum absolute atomic E-state index is 0.187. The molecule has 1 aliphatic rings. The van der Waals surface area contributed by atoms with Crippen molar-refractivity contribution in [2.24, 2.45) is 0 Å². The van der Waals surface area contributed by atoms with E-state index < -0.39 is 18.2 Å². The first-order chi connectivity index (χ1) is 21.4. The molecule has 246 valence electrons. The van der Waals surface area contributed by atoms with Gasteiger partial charge in [0, 0.05) is 18.7 Å². The molecule has 8 nitrogen and oxygen atoms in total. The summed E-state index contributed by atoms with van der Waals surface area (Å²) in [6.45, 7) is 18.7. The third-order valence-electron chi connectivity index (χ3n) is 7.33. The van der Waals surface area contributed by atoms with E-state index in [1.165, 1.54) is 6.08 Å². The smallest absolute Gasteiger partial charge is 0.335 e. The fraction of sp³-hybridized carbons (Fsp3) is 0.444. The van der Waals surface area contributed by atoms with Crippen molar-refractivity contribution in [2.45, 2.75) is 53.6 Å². The molecule has 0 radical (unpaired) electrons. The van der Waals surface area contributed by atoms with Crippen molar-refractivity contribution in [1.29, 1.82) is 0 Å². The second-order valence-corrected chi connectivity index (χ2v) is 11.1. The van der Waals surface area contributed by atoms with Crippen LogP contribution in [0, 0.1) is 13.8 Å². The van der Waals surface area contributed by atoms with Crippen LogP contribution < -0.4 is 14.4 Å². The van der Waals surface area contributed by atoms with E-state index in [4.69, 9.17) is 19.3 Å². The Bertz CT molecular complexity index is 1340. The number of carboxylic acid groups (broad SMARTS) is 1. The summed E-state index contributed by atoms with van der Waals surface area (Å²) in [5.74, 6) is 0.273. The molecule has 1 heterocycles. The molecule has 0 aliphatic carbocycles. The highest BCUT2D eigenvalue weighted by molar-refractivity contribution is 5.89. The van der Waals surface area contributed by atoms with Gasteiger partial charge in [-0.1, -0.05) is 37.8 Å². The molecule has 3 rings (SSSR count). The lowest BCUT2D eigenvalue weighted by Crippen LogP contribution is -2.53. The molecule has 1 aliphatic heterocycles. The highest BCUT2D eigenvalue weighted by Gasteiger charge is 2.37. The van der Waals surface area contributed by atoms with Gasteiger partial charge in [0.2, 0.25) is 0 Å². The van der Waals surface area contributed by atoms with Gasteiger partial charge in [-0.2, -0.15) is 0 Å². The molecule has 1 unspecified atom stereocenters. The number of carboxylic acids is 1. The van der Waals surface area contributed by atoms with Crippen molar-refractivity contribution < 1.29 is 33.3 Å². The zero-order valence-corrected chi connectivity index (χ0v) is 27.8. The Morgan fingerprint density at radius 3 is 2.31 bits per heavy atom. The Balaban J connectivity index is 0.000000317. The van der Waals surface area contributed by atoms with Crippen LogP contribution in [0.3, 0.4) is 0 Å². The van der Waals surface area contributed by atoms with Crippen molar-refractivity contribution in [1.82, 2.24) is 4.90 Å². The van der Waals surface area contributed by atoms with Crippen LogP contribution in [-0.2, 0) is 9.53 Å². The van der Waals surface area contributed by atoms with E-state index in [1.807, 2.05) is 64.8 Å². The average Bonchev–Trinajstić information content (AvgIpc) is 2.98. The summed E-state index contributed by atoms with van der Waals surface area (Å²) in [5.41, 5.74) is 4.13. The molecular formula is C36H49FN2O6. The van der Waals surface area contributed by atoms with Crippen LogP contribution in [0.1, 0.15) is 61.2 Å². The maximum Gasteiger partial charge on any atom is 0.335 e. The lowest BCUT2D eigenvalue weighted by molar-refractivity contribution is -0.160. The first-order valence-corrected chi connectivity index (χ1v) is 15.4. The highest BCUT2D eigenvalue weighted by atomic mass is 19.1. The van der Waals surface area contributed by atoms with E-state index in [9.17, 15) is 14.0 Å². The number of hydrogen-bond donors (Lipinski definition) is 1. The molecule has 1 N–H and O–H groups in total. The normalized spacial score (nSPS) is 16.7. The Morgan fingerprint density at radius 2 is 1.80 bits per heavy atom. The van der Waals surface area contributed by atoms with Gasteiger partial charge < -0.3 is 29.1 Å². The number of morpholine rings is 1. The van der Waals surface area contributed by atoms with Crippen molar-refractivity contribution >= 4 is 23.2 Å². The molecule has 0 saturated carbocycles. The Morgan fingerprint density at radius 1 is 1.16 bits per heavy atom. The van der Waals surface area contributed by atoms with Gasteiger partial charge in [-0.05, 0) is 95.2 Å². The number of hydrogen-bond acceptors (Lipinski definition) is 7. The van der Waals surface area contributed by atoms with Gasteiger partial charge in [0.15, 0.2) is 0 Å². The Hall–Kier alpha value is -4.11. The predicted molar refractivity (Wildman–Crippen MR) is 179 cm³/mol. The molecule has 1 fully saturated rings. The maximum absolute atomic E-state index is 12.5. The van der Waals surface area contributed by atoms with Crippen LogP contribution in [0.25, 0.3) is 5.57 Å². The summed E-state index contributed by atoms with van der Waals surface area (Å²) < 4.78 is 29.5. The Labute approximate surface area is 267 Å². The second-order valence-electron chi connectivity index (χ2n) is 11.1. The number of halogens is 1. The number of aryl methyl sites for hydroxylation is 2. The molecule has 2 aromatic rings. The number of alkyl halides is 1. The molecule has 0 aromatic heterocycles. The summed E-state index contributed by atoms with van der Waals surface area (Å²) in [6, 6.07) is 8.91. The fourth-order valence-electron chi connectivity index (χ4n) is 5.05. The number of cyclic esters (lactones) is 1. The Kier molecular flexibility index (Phi) is 14.8. The number of ether oxygens (including phenoxy) is 3.